The van der Waals surface area contributed by atoms with Crippen molar-refractivity contribution in [2.24, 2.45) is 0 Å². The van der Waals surface area contributed by atoms with Gasteiger partial charge in [-0.15, -0.1) is 0 Å². The van der Waals surface area contributed by atoms with E-state index in [1.165, 1.54) is 0 Å². The summed E-state index contributed by atoms with van der Waals surface area (Å²) in [6.45, 7) is 0. The Hall–Kier alpha value is -7.09. The van der Waals surface area contributed by atoms with E-state index in [1.807, 2.05) is 127 Å². The standard InChI is InChI=1S/C54H37IO4/c55-44-32-17-29-41(54(44)59)40-28-16-31-43(53(40)58)51-49(37-24-11-4-12-25-37)47(35-20-7-2-8-21-35)46(34-18-5-1-6-19-34)48(36-22-9-3-10-23-36)50(51)42-30-15-27-39(52(42)57)38-26-13-14-33-45(38)56/h1-33,56-59H. The summed E-state index contributed by atoms with van der Waals surface area (Å²) in [6.07, 6.45) is 0. The molecule has 9 aromatic carbocycles. The summed E-state index contributed by atoms with van der Waals surface area (Å²) >= 11 is 2.10. The van der Waals surface area contributed by atoms with Gasteiger partial charge in [0, 0.05) is 44.5 Å². The normalized spacial score (nSPS) is 11.1. The van der Waals surface area contributed by atoms with Crippen LogP contribution in [0.2, 0.25) is 0 Å². The van der Waals surface area contributed by atoms with Gasteiger partial charge >= 0.3 is 0 Å². The minimum absolute atomic E-state index is 0.0231. The molecule has 0 aliphatic heterocycles. The molecule has 0 bridgehead atoms. The molecule has 9 rings (SSSR count). The second kappa shape index (κ2) is 16.0. The molecule has 0 atom stereocenters. The number of benzene rings is 9. The third-order valence-electron chi connectivity index (χ3n) is 10.8. The molecule has 4 nitrogen and oxygen atoms in total. The van der Waals surface area contributed by atoms with Crippen LogP contribution < -0.4 is 0 Å². The lowest BCUT2D eigenvalue weighted by atomic mass is 9.73. The van der Waals surface area contributed by atoms with Gasteiger partial charge in [-0.2, -0.15) is 0 Å². The first-order valence-electron chi connectivity index (χ1n) is 19.3. The summed E-state index contributed by atoms with van der Waals surface area (Å²) in [5.41, 5.74) is 11.6. The number of halogens is 1. The molecule has 0 unspecified atom stereocenters. The lowest BCUT2D eigenvalue weighted by Gasteiger charge is -2.29. The van der Waals surface area contributed by atoms with Gasteiger partial charge in [-0.1, -0.05) is 188 Å². The largest absolute Gasteiger partial charge is 0.507 e. The molecule has 284 valence electrons. The molecule has 0 fully saturated rings. The molecule has 0 spiro atoms. The molecule has 0 aliphatic rings. The van der Waals surface area contributed by atoms with Crippen molar-refractivity contribution in [1.82, 2.24) is 0 Å². The maximum Gasteiger partial charge on any atom is 0.136 e. The van der Waals surface area contributed by atoms with Crippen LogP contribution in [-0.2, 0) is 0 Å². The molecule has 9 aromatic rings. The zero-order valence-corrected chi connectivity index (χ0v) is 33.9. The Morgan fingerprint density at radius 1 is 0.237 bits per heavy atom. The van der Waals surface area contributed by atoms with E-state index in [-0.39, 0.29) is 23.0 Å². The van der Waals surface area contributed by atoms with Gasteiger partial charge < -0.3 is 20.4 Å². The van der Waals surface area contributed by atoms with Gasteiger partial charge in [-0.05, 0) is 79.2 Å². The van der Waals surface area contributed by atoms with Crippen LogP contribution in [0.5, 0.6) is 23.0 Å². The first kappa shape index (κ1) is 37.5. The van der Waals surface area contributed by atoms with Crippen molar-refractivity contribution in [3.05, 3.63) is 204 Å². The van der Waals surface area contributed by atoms with Crippen LogP contribution in [-0.4, -0.2) is 20.4 Å². The van der Waals surface area contributed by atoms with Crippen LogP contribution >= 0.6 is 22.6 Å². The summed E-state index contributed by atoms with van der Waals surface area (Å²) < 4.78 is 0.659. The second-order valence-electron chi connectivity index (χ2n) is 14.3. The summed E-state index contributed by atoms with van der Waals surface area (Å²) in [7, 11) is 0. The SMILES string of the molecule is Oc1ccccc1-c1cccc(-c2c(-c3ccccc3)c(-c3ccccc3)c(-c3ccccc3)c(-c3ccccc3)c2-c2cccc(-c3cccc(I)c3O)c2O)c1O. The lowest BCUT2D eigenvalue weighted by molar-refractivity contribution is 0.467. The van der Waals surface area contributed by atoms with Crippen LogP contribution in [0.15, 0.2) is 200 Å². The molecule has 0 radical (unpaired) electrons. The third-order valence-corrected chi connectivity index (χ3v) is 11.7. The Morgan fingerprint density at radius 3 is 0.932 bits per heavy atom. The van der Waals surface area contributed by atoms with Crippen molar-refractivity contribution in [3.63, 3.8) is 0 Å². The van der Waals surface area contributed by atoms with Crippen LogP contribution in [0.4, 0.5) is 0 Å². The quantitative estimate of drug-likeness (QED) is 0.115. The molecule has 0 amide bonds. The summed E-state index contributed by atoms with van der Waals surface area (Å²) in [5.74, 6) is 0.0702. The average Bonchev–Trinajstić information content (AvgIpc) is 3.28. The van der Waals surface area contributed by atoms with Gasteiger partial charge in [-0.3, -0.25) is 0 Å². The second-order valence-corrected chi connectivity index (χ2v) is 15.4. The van der Waals surface area contributed by atoms with E-state index in [2.05, 4.69) is 71.1 Å². The van der Waals surface area contributed by atoms with Crippen molar-refractivity contribution in [3.8, 4) is 112 Å². The van der Waals surface area contributed by atoms with Crippen molar-refractivity contribution < 1.29 is 20.4 Å². The number of para-hydroxylation sites is 4. The van der Waals surface area contributed by atoms with Crippen LogP contribution in [0, 0.1) is 3.57 Å². The fourth-order valence-corrected chi connectivity index (χ4v) is 8.72. The van der Waals surface area contributed by atoms with E-state index in [1.54, 1.807) is 24.3 Å². The molecule has 0 aliphatic carbocycles. The molecule has 5 heteroatoms. The van der Waals surface area contributed by atoms with Crippen LogP contribution in [0.3, 0.4) is 0 Å². The predicted octanol–water partition coefficient (Wildman–Crippen LogP) is 14.4. The Kier molecular flexibility index (Phi) is 10.2. The first-order chi connectivity index (χ1) is 28.9. The Balaban J connectivity index is 1.58. The van der Waals surface area contributed by atoms with Gasteiger partial charge in [-0.25, -0.2) is 0 Å². The maximum atomic E-state index is 12.8. The first-order valence-corrected chi connectivity index (χ1v) is 20.4. The molecule has 4 N–H and O–H groups in total. The predicted molar refractivity (Wildman–Crippen MR) is 249 cm³/mol. The van der Waals surface area contributed by atoms with Gasteiger partial charge in [0.2, 0.25) is 0 Å². The monoisotopic (exact) mass is 876 g/mol. The van der Waals surface area contributed by atoms with Crippen molar-refractivity contribution in [2.45, 2.75) is 0 Å². The maximum absolute atomic E-state index is 12.8. The highest BCUT2D eigenvalue weighted by Gasteiger charge is 2.32. The lowest BCUT2D eigenvalue weighted by Crippen LogP contribution is -2.03. The van der Waals surface area contributed by atoms with Crippen molar-refractivity contribution in [2.75, 3.05) is 0 Å². The molecule has 59 heavy (non-hydrogen) atoms. The highest BCUT2D eigenvalue weighted by molar-refractivity contribution is 14.1. The third kappa shape index (κ3) is 6.79. The fraction of sp³-hybridized carbons (Fsp3) is 0. The van der Waals surface area contributed by atoms with E-state index in [0.29, 0.717) is 48.1 Å². The van der Waals surface area contributed by atoms with E-state index >= 15 is 0 Å². The fourth-order valence-electron chi connectivity index (χ4n) is 8.22. The van der Waals surface area contributed by atoms with E-state index in [4.69, 9.17) is 0 Å². The van der Waals surface area contributed by atoms with E-state index in [0.717, 1.165) is 44.5 Å². The van der Waals surface area contributed by atoms with Crippen molar-refractivity contribution in [1.29, 1.82) is 0 Å². The molecule has 0 saturated carbocycles. The van der Waals surface area contributed by atoms with Gasteiger partial charge in [0.25, 0.3) is 0 Å². The Morgan fingerprint density at radius 2 is 0.525 bits per heavy atom. The number of rotatable bonds is 8. The highest BCUT2D eigenvalue weighted by Crippen LogP contribution is 2.59. The molecule has 0 saturated heterocycles. The highest BCUT2D eigenvalue weighted by atomic mass is 127. The van der Waals surface area contributed by atoms with E-state index < -0.39 is 0 Å². The van der Waals surface area contributed by atoms with Crippen molar-refractivity contribution >= 4 is 22.6 Å². The van der Waals surface area contributed by atoms with Crippen LogP contribution in [0.25, 0.3) is 89.0 Å². The van der Waals surface area contributed by atoms with Gasteiger partial charge in [0.15, 0.2) is 0 Å². The smallest absolute Gasteiger partial charge is 0.136 e. The Labute approximate surface area is 356 Å². The Bertz CT molecular complexity index is 2960. The number of phenolic OH excluding ortho intramolecular Hbond substituents is 4. The zero-order valence-electron chi connectivity index (χ0n) is 31.7. The minimum atomic E-state index is -0.0242. The summed E-state index contributed by atoms with van der Waals surface area (Å²) in [5, 5.41) is 48.0. The topological polar surface area (TPSA) is 80.9 Å². The number of hydrogen-bond acceptors (Lipinski definition) is 4. The molecule has 0 aromatic heterocycles. The van der Waals surface area contributed by atoms with Gasteiger partial charge in [0.1, 0.15) is 23.0 Å². The average molecular weight is 877 g/mol. The summed E-state index contributed by atoms with van der Waals surface area (Å²) in [6, 6.07) is 64.7. The molecular formula is C54H37IO4. The molecular weight excluding hydrogens is 839 g/mol. The van der Waals surface area contributed by atoms with Crippen LogP contribution in [0.1, 0.15) is 0 Å². The zero-order chi connectivity index (χ0) is 40.5. The number of hydrogen-bond donors (Lipinski definition) is 4. The van der Waals surface area contributed by atoms with Gasteiger partial charge in [0.05, 0.1) is 3.57 Å². The molecule has 0 heterocycles. The number of phenols is 4. The minimum Gasteiger partial charge on any atom is -0.507 e. The summed E-state index contributed by atoms with van der Waals surface area (Å²) in [4.78, 5) is 0. The number of aromatic hydroxyl groups is 4. The van der Waals surface area contributed by atoms with E-state index in [9.17, 15) is 20.4 Å².